The van der Waals surface area contributed by atoms with Gasteiger partial charge in [0.15, 0.2) is 0 Å². The maximum absolute atomic E-state index is 13.2. The average Bonchev–Trinajstić information content (AvgIpc) is 3.23. The van der Waals surface area contributed by atoms with Crippen LogP contribution < -0.4 is 10.9 Å². The summed E-state index contributed by atoms with van der Waals surface area (Å²) in [5, 5.41) is 6.63. The van der Waals surface area contributed by atoms with Crippen molar-refractivity contribution >= 4 is 11.6 Å². The summed E-state index contributed by atoms with van der Waals surface area (Å²) in [6.45, 7) is 3.31. The Morgan fingerprint density at radius 1 is 1.10 bits per heavy atom. The lowest BCUT2D eigenvalue weighted by atomic mass is 10.1. The number of nitrogens with zero attached hydrogens (tertiary/aromatic N) is 3. The minimum Gasteiger partial charge on any atom is -0.333 e. The molecular weight excluding hydrogens is 399 g/mol. The number of benzene rings is 2. The maximum Gasteiger partial charge on any atom is 0.264 e. The molecule has 7 nitrogen and oxygen atoms in total. The maximum atomic E-state index is 13.2. The molecule has 0 saturated carbocycles. The van der Waals surface area contributed by atoms with Gasteiger partial charge in [0.1, 0.15) is 17.9 Å². The Labute approximate surface area is 177 Å². The molecule has 8 heteroatoms. The second-order valence-electron chi connectivity index (χ2n) is 7.08. The number of rotatable bonds is 5. The van der Waals surface area contributed by atoms with Gasteiger partial charge in [-0.3, -0.25) is 9.59 Å². The zero-order valence-electron chi connectivity index (χ0n) is 16.9. The fraction of sp³-hybridized carbons (Fsp3) is 0.130. The van der Waals surface area contributed by atoms with Crippen molar-refractivity contribution in [1.29, 1.82) is 0 Å². The fourth-order valence-electron chi connectivity index (χ4n) is 3.29. The largest absolute Gasteiger partial charge is 0.333 e. The Bertz CT molecular complexity index is 1290. The summed E-state index contributed by atoms with van der Waals surface area (Å²) in [4.78, 5) is 30.0. The molecule has 0 atom stereocenters. The predicted octanol–water partition coefficient (Wildman–Crippen LogP) is 3.96. The second-order valence-corrected chi connectivity index (χ2v) is 7.08. The van der Waals surface area contributed by atoms with Gasteiger partial charge in [0.2, 0.25) is 11.7 Å². The Kier molecular flexibility index (Phi) is 5.44. The van der Waals surface area contributed by atoms with E-state index in [1.807, 2.05) is 30.3 Å². The Morgan fingerprint density at radius 2 is 1.81 bits per heavy atom. The summed E-state index contributed by atoms with van der Waals surface area (Å²) in [7, 11) is 0. The van der Waals surface area contributed by atoms with Gasteiger partial charge in [0.25, 0.3) is 11.4 Å². The number of aromatic nitrogens is 3. The molecule has 0 aliphatic carbocycles. The molecular formula is C23H19FN4O3. The molecule has 156 valence electrons. The smallest absolute Gasteiger partial charge is 0.264 e. The van der Waals surface area contributed by atoms with Crippen LogP contribution in [0.25, 0.3) is 22.8 Å². The minimum atomic E-state index is -0.415. The van der Waals surface area contributed by atoms with Crippen molar-refractivity contribution in [1.82, 2.24) is 14.7 Å². The van der Waals surface area contributed by atoms with Gasteiger partial charge in [0.05, 0.1) is 0 Å². The Hall–Kier alpha value is -4.07. The quantitative estimate of drug-likeness (QED) is 0.530. The fourth-order valence-corrected chi connectivity index (χ4v) is 3.29. The van der Waals surface area contributed by atoms with Crippen LogP contribution in [0.1, 0.15) is 11.3 Å². The second kappa shape index (κ2) is 8.35. The van der Waals surface area contributed by atoms with Gasteiger partial charge in [-0.1, -0.05) is 35.5 Å². The summed E-state index contributed by atoms with van der Waals surface area (Å²) < 4.78 is 19.8. The van der Waals surface area contributed by atoms with E-state index in [-0.39, 0.29) is 18.0 Å². The number of halogens is 1. The van der Waals surface area contributed by atoms with Crippen LogP contribution in [0.2, 0.25) is 0 Å². The van der Waals surface area contributed by atoms with Crippen molar-refractivity contribution in [2.75, 3.05) is 5.32 Å². The zero-order chi connectivity index (χ0) is 22.0. The average molecular weight is 418 g/mol. The number of hydrogen-bond donors (Lipinski definition) is 1. The van der Waals surface area contributed by atoms with E-state index in [9.17, 15) is 14.0 Å². The van der Waals surface area contributed by atoms with Crippen molar-refractivity contribution in [2.45, 2.75) is 20.4 Å². The zero-order valence-corrected chi connectivity index (χ0v) is 16.9. The van der Waals surface area contributed by atoms with Crippen LogP contribution in [0.5, 0.6) is 0 Å². The van der Waals surface area contributed by atoms with Gasteiger partial charge in [-0.05, 0) is 49.7 Å². The van der Waals surface area contributed by atoms with Crippen molar-refractivity contribution in [2.24, 2.45) is 0 Å². The molecule has 0 unspecified atom stereocenters. The van der Waals surface area contributed by atoms with E-state index in [0.29, 0.717) is 22.8 Å². The van der Waals surface area contributed by atoms with Crippen molar-refractivity contribution in [3.05, 3.63) is 88.1 Å². The molecule has 0 spiro atoms. The van der Waals surface area contributed by atoms with E-state index in [0.717, 1.165) is 5.56 Å². The highest BCUT2D eigenvalue weighted by Crippen LogP contribution is 2.23. The van der Waals surface area contributed by atoms with Crippen LogP contribution in [-0.4, -0.2) is 20.6 Å². The highest BCUT2D eigenvalue weighted by atomic mass is 19.1. The van der Waals surface area contributed by atoms with Crippen LogP contribution in [0.15, 0.2) is 70.0 Å². The lowest BCUT2D eigenvalue weighted by molar-refractivity contribution is -0.116. The van der Waals surface area contributed by atoms with Crippen LogP contribution in [0, 0.1) is 19.7 Å². The topological polar surface area (TPSA) is 90.0 Å². The molecule has 2 aromatic heterocycles. The normalized spacial score (nSPS) is 10.8. The summed E-state index contributed by atoms with van der Waals surface area (Å²) in [6.07, 6.45) is 0. The van der Waals surface area contributed by atoms with E-state index in [1.54, 1.807) is 19.9 Å². The molecule has 0 saturated heterocycles. The predicted molar refractivity (Wildman–Crippen MR) is 114 cm³/mol. The monoisotopic (exact) mass is 418 g/mol. The van der Waals surface area contributed by atoms with E-state index in [1.165, 1.54) is 28.8 Å². The van der Waals surface area contributed by atoms with Crippen LogP contribution in [0.3, 0.4) is 0 Å². The molecule has 4 aromatic rings. The number of carbonyl (C=O) groups excluding carboxylic acids is 1. The lowest BCUT2D eigenvalue weighted by Crippen LogP contribution is -2.30. The Morgan fingerprint density at radius 3 is 2.52 bits per heavy atom. The van der Waals surface area contributed by atoms with Crippen LogP contribution in [-0.2, 0) is 11.3 Å². The summed E-state index contributed by atoms with van der Waals surface area (Å²) in [6, 6.07) is 16.5. The summed E-state index contributed by atoms with van der Waals surface area (Å²) in [5.74, 6) is -0.352. The first-order valence-corrected chi connectivity index (χ1v) is 9.58. The first-order chi connectivity index (χ1) is 14.9. The molecule has 0 aliphatic rings. The third-order valence-electron chi connectivity index (χ3n) is 4.81. The van der Waals surface area contributed by atoms with E-state index >= 15 is 0 Å². The molecule has 1 amide bonds. The van der Waals surface area contributed by atoms with E-state index in [2.05, 4.69) is 15.5 Å². The third-order valence-corrected chi connectivity index (χ3v) is 4.81. The molecule has 0 radical (unpaired) electrons. The molecule has 2 aromatic carbocycles. The van der Waals surface area contributed by atoms with Crippen LogP contribution in [0.4, 0.5) is 10.1 Å². The number of anilines is 1. The molecule has 31 heavy (non-hydrogen) atoms. The molecule has 4 rings (SSSR count). The standard InChI is InChI=1S/C23H19FN4O3/c1-14-12-15(2)28(13-19(29)25-18-10-8-17(24)9-11-18)23(30)20(14)22-26-21(27-31-22)16-6-4-3-5-7-16/h3-12H,13H2,1-2H3,(H,25,29). The van der Waals surface area contributed by atoms with E-state index < -0.39 is 17.3 Å². The highest BCUT2D eigenvalue weighted by molar-refractivity contribution is 5.90. The number of hydrogen-bond acceptors (Lipinski definition) is 5. The summed E-state index contributed by atoms with van der Waals surface area (Å²) >= 11 is 0. The first-order valence-electron chi connectivity index (χ1n) is 9.58. The highest BCUT2D eigenvalue weighted by Gasteiger charge is 2.20. The number of carbonyl (C=O) groups is 1. The van der Waals surface area contributed by atoms with Gasteiger partial charge in [-0.25, -0.2) is 4.39 Å². The van der Waals surface area contributed by atoms with Crippen molar-refractivity contribution < 1.29 is 13.7 Å². The molecule has 0 aliphatic heterocycles. The molecule has 1 N–H and O–H groups in total. The number of amides is 1. The Balaban J connectivity index is 1.64. The van der Waals surface area contributed by atoms with Crippen molar-refractivity contribution in [3.63, 3.8) is 0 Å². The number of aryl methyl sites for hydroxylation is 2. The summed E-state index contributed by atoms with van der Waals surface area (Å²) in [5.41, 5.74) is 2.32. The van der Waals surface area contributed by atoms with E-state index in [4.69, 9.17) is 4.52 Å². The molecule has 0 bridgehead atoms. The molecule has 2 heterocycles. The van der Waals surface area contributed by atoms with Gasteiger partial charge in [-0.15, -0.1) is 0 Å². The van der Waals surface area contributed by atoms with Gasteiger partial charge < -0.3 is 14.4 Å². The lowest BCUT2D eigenvalue weighted by Gasteiger charge is -2.13. The number of pyridine rings is 1. The SMILES string of the molecule is Cc1cc(C)n(CC(=O)Nc2ccc(F)cc2)c(=O)c1-c1nc(-c2ccccc2)no1. The minimum absolute atomic E-state index is 0.0917. The number of nitrogens with one attached hydrogen (secondary N) is 1. The van der Waals surface area contributed by atoms with Crippen LogP contribution >= 0.6 is 0 Å². The van der Waals surface area contributed by atoms with Gasteiger partial charge in [-0.2, -0.15) is 4.98 Å². The molecule has 0 fully saturated rings. The van der Waals surface area contributed by atoms with Crippen molar-refractivity contribution in [3.8, 4) is 22.8 Å². The van der Waals surface area contributed by atoms with Gasteiger partial charge >= 0.3 is 0 Å². The van der Waals surface area contributed by atoms with Gasteiger partial charge in [0, 0.05) is 16.9 Å². The third kappa shape index (κ3) is 4.28. The first kappa shape index (κ1) is 20.2.